The second-order valence-corrected chi connectivity index (χ2v) is 3.10. The number of nitrogens with one attached hydrogen (secondary N) is 1. The van der Waals surface area contributed by atoms with Gasteiger partial charge in [0.2, 0.25) is 0 Å². The molecule has 13 heavy (non-hydrogen) atoms. The minimum Gasteiger partial charge on any atom is -0.480 e. The monoisotopic (exact) mass is 191 g/mol. The predicted molar refractivity (Wildman–Crippen MR) is 47.1 cm³/mol. The van der Waals surface area contributed by atoms with Crippen molar-refractivity contribution < 1.29 is 20.1 Å². The fraction of sp³-hybridized carbons (Fsp3) is 0.875. The molecule has 4 N–H and O–H groups in total. The minimum absolute atomic E-state index is 0.0590. The van der Waals surface area contributed by atoms with Gasteiger partial charge in [0, 0.05) is 0 Å². The van der Waals surface area contributed by atoms with Crippen LogP contribution in [-0.4, -0.2) is 40.2 Å². The highest BCUT2D eigenvalue weighted by Gasteiger charge is 2.21. The molecule has 0 radical (unpaired) electrons. The molecule has 5 heteroatoms. The number of carboxylic acid groups (broad SMARTS) is 1. The highest BCUT2D eigenvalue weighted by Crippen LogP contribution is 2.09. The van der Waals surface area contributed by atoms with E-state index in [0.29, 0.717) is 0 Å². The zero-order chi connectivity index (χ0) is 10.4. The van der Waals surface area contributed by atoms with Gasteiger partial charge in [-0.1, -0.05) is 20.3 Å². The Morgan fingerprint density at radius 1 is 1.46 bits per heavy atom. The summed E-state index contributed by atoms with van der Waals surface area (Å²) < 4.78 is 0. The molecule has 0 aromatic heterocycles. The van der Waals surface area contributed by atoms with Crippen molar-refractivity contribution in [2.24, 2.45) is 5.92 Å². The van der Waals surface area contributed by atoms with Crippen molar-refractivity contribution in [1.29, 1.82) is 0 Å². The number of aliphatic hydroxyl groups is 2. The summed E-state index contributed by atoms with van der Waals surface area (Å²) in [5, 5.41) is 29.2. The van der Waals surface area contributed by atoms with Crippen molar-refractivity contribution >= 4 is 5.97 Å². The van der Waals surface area contributed by atoms with Gasteiger partial charge >= 0.3 is 5.97 Å². The Morgan fingerprint density at radius 2 is 2.00 bits per heavy atom. The van der Waals surface area contributed by atoms with Crippen LogP contribution in [0.1, 0.15) is 20.3 Å². The zero-order valence-electron chi connectivity index (χ0n) is 7.90. The Balaban J connectivity index is 3.81. The molecular formula is C8H17NO4. The molecule has 0 heterocycles. The van der Waals surface area contributed by atoms with Gasteiger partial charge in [-0.2, -0.15) is 0 Å². The first-order valence-electron chi connectivity index (χ1n) is 4.30. The molecule has 0 fully saturated rings. The van der Waals surface area contributed by atoms with E-state index in [1.54, 1.807) is 6.92 Å². The molecule has 3 atom stereocenters. The quantitative estimate of drug-likeness (QED) is 0.420. The van der Waals surface area contributed by atoms with E-state index in [1.807, 2.05) is 6.92 Å². The van der Waals surface area contributed by atoms with Crippen LogP contribution in [0.3, 0.4) is 0 Å². The number of hydrogen-bond donors (Lipinski definition) is 4. The third kappa shape index (κ3) is 4.82. The first-order chi connectivity index (χ1) is 5.99. The molecule has 0 aliphatic rings. The van der Waals surface area contributed by atoms with Gasteiger partial charge in [-0.15, -0.1) is 0 Å². The summed E-state index contributed by atoms with van der Waals surface area (Å²) in [5.41, 5.74) is 0. The molecule has 0 amide bonds. The van der Waals surface area contributed by atoms with Gasteiger partial charge < -0.3 is 15.3 Å². The predicted octanol–water partition coefficient (Wildman–Crippen LogP) is -0.614. The van der Waals surface area contributed by atoms with E-state index in [2.05, 4.69) is 5.32 Å². The number of aliphatic hydroxyl groups excluding tert-OH is 2. The molecular weight excluding hydrogens is 174 g/mol. The lowest BCUT2D eigenvalue weighted by Crippen LogP contribution is -2.44. The molecule has 0 aliphatic carbocycles. The molecule has 0 spiro atoms. The summed E-state index contributed by atoms with van der Waals surface area (Å²) in [6.07, 6.45) is -1.37. The maximum absolute atomic E-state index is 10.1. The van der Waals surface area contributed by atoms with Crippen molar-refractivity contribution in [3.8, 4) is 0 Å². The zero-order valence-corrected chi connectivity index (χ0v) is 7.90. The standard InChI is InChI=1S/C8H17NO4/c1-3-5(2)7(12)8(13)9-4-6(10)11/h5,7-9,12-13H,3-4H2,1-2H3,(H,10,11)/t5?,7?,8-/m0/s1. The maximum atomic E-state index is 10.1. The summed E-state index contributed by atoms with van der Waals surface area (Å²) in [6.45, 7) is 3.32. The van der Waals surface area contributed by atoms with E-state index in [4.69, 9.17) is 5.11 Å². The number of hydrogen-bond acceptors (Lipinski definition) is 4. The van der Waals surface area contributed by atoms with Crippen LogP contribution in [0.2, 0.25) is 0 Å². The van der Waals surface area contributed by atoms with Crippen molar-refractivity contribution in [3.63, 3.8) is 0 Å². The Bertz CT molecular complexity index is 162. The van der Waals surface area contributed by atoms with Crippen LogP contribution in [-0.2, 0) is 4.79 Å². The van der Waals surface area contributed by atoms with Crippen LogP contribution < -0.4 is 5.32 Å². The van der Waals surface area contributed by atoms with E-state index in [9.17, 15) is 15.0 Å². The number of rotatable bonds is 6. The largest absolute Gasteiger partial charge is 0.480 e. The molecule has 0 saturated carbocycles. The SMILES string of the molecule is CCC(C)C(O)[C@H](O)NCC(=O)O. The van der Waals surface area contributed by atoms with Gasteiger partial charge in [-0.3, -0.25) is 10.1 Å². The van der Waals surface area contributed by atoms with Crippen LogP contribution in [0.5, 0.6) is 0 Å². The van der Waals surface area contributed by atoms with Gasteiger partial charge in [0.05, 0.1) is 12.6 Å². The van der Waals surface area contributed by atoms with E-state index in [0.717, 1.165) is 6.42 Å². The van der Waals surface area contributed by atoms with Gasteiger partial charge in [-0.25, -0.2) is 0 Å². The summed E-state index contributed by atoms with van der Waals surface area (Å²) >= 11 is 0. The molecule has 0 aliphatic heterocycles. The van der Waals surface area contributed by atoms with E-state index >= 15 is 0 Å². The Hall–Kier alpha value is -0.650. The second kappa shape index (κ2) is 5.90. The second-order valence-electron chi connectivity index (χ2n) is 3.10. The number of carboxylic acids is 1. The first-order valence-corrected chi connectivity index (χ1v) is 4.30. The molecule has 0 bridgehead atoms. The Labute approximate surface area is 77.4 Å². The molecule has 2 unspecified atom stereocenters. The molecule has 5 nitrogen and oxygen atoms in total. The fourth-order valence-corrected chi connectivity index (χ4v) is 0.865. The van der Waals surface area contributed by atoms with Crippen molar-refractivity contribution in [1.82, 2.24) is 5.32 Å². The van der Waals surface area contributed by atoms with E-state index < -0.39 is 18.3 Å². The molecule has 0 aromatic rings. The average Bonchev–Trinajstić information content (AvgIpc) is 2.11. The minimum atomic E-state index is -1.17. The third-order valence-electron chi connectivity index (χ3n) is 2.01. The molecule has 0 aromatic carbocycles. The lowest BCUT2D eigenvalue weighted by molar-refractivity contribution is -0.137. The Kier molecular flexibility index (Phi) is 5.61. The lowest BCUT2D eigenvalue weighted by atomic mass is 10.0. The van der Waals surface area contributed by atoms with Crippen LogP contribution in [0.15, 0.2) is 0 Å². The van der Waals surface area contributed by atoms with Crippen molar-refractivity contribution in [2.75, 3.05) is 6.54 Å². The van der Waals surface area contributed by atoms with Crippen molar-refractivity contribution in [3.05, 3.63) is 0 Å². The van der Waals surface area contributed by atoms with Crippen LogP contribution in [0, 0.1) is 5.92 Å². The fourth-order valence-electron chi connectivity index (χ4n) is 0.865. The smallest absolute Gasteiger partial charge is 0.317 e. The van der Waals surface area contributed by atoms with Gasteiger partial charge in [0.25, 0.3) is 0 Å². The number of aliphatic carboxylic acids is 1. The van der Waals surface area contributed by atoms with Crippen LogP contribution >= 0.6 is 0 Å². The highest BCUT2D eigenvalue weighted by atomic mass is 16.4. The number of carbonyl (C=O) groups is 1. The van der Waals surface area contributed by atoms with Gasteiger partial charge in [0.1, 0.15) is 6.23 Å². The molecule has 0 rings (SSSR count). The van der Waals surface area contributed by atoms with E-state index in [-0.39, 0.29) is 12.5 Å². The summed E-state index contributed by atoms with van der Waals surface area (Å²) in [6, 6.07) is 0. The lowest BCUT2D eigenvalue weighted by Gasteiger charge is -2.22. The van der Waals surface area contributed by atoms with Crippen molar-refractivity contribution in [2.45, 2.75) is 32.6 Å². The van der Waals surface area contributed by atoms with Crippen LogP contribution in [0.25, 0.3) is 0 Å². The summed E-state index contributed by atoms with van der Waals surface area (Å²) in [4.78, 5) is 10.1. The van der Waals surface area contributed by atoms with E-state index in [1.165, 1.54) is 0 Å². The highest BCUT2D eigenvalue weighted by molar-refractivity contribution is 5.69. The van der Waals surface area contributed by atoms with Crippen LogP contribution in [0.4, 0.5) is 0 Å². The Morgan fingerprint density at radius 3 is 2.38 bits per heavy atom. The average molecular weight is 191 g/mol. The molecule has 0 saturated heterocycles. The summed E-state index contributed by atoms with van der Waals surface area (Å²) in [5.74, 6) is -1.12. The van der Waals surface area contributed by atoms with Gasteiger partial charge in [0.15, 0.2) is 0 Å². The van der Waals surface area contributed by atoms with Gasteiger partial charge in [-0.05, 0) is 5.92 Å². The maximum Gasteiger partial charge on any atom is 0.317 e. The first kappa shape index (κ1) is 12.3. The topological polar surface area (TPSA) is 89.8 Å². The summed E-state index contributed by atoms with van der Waals surface area (Å²) in [7, 11) is 0. The molecule has 78 valence electrons. The normalized spacial score (nSPS) is 17.8. The third-order valence-corrected chi connectivity index (χ3v) is 2.01.